The first kappa shape index (κ1) is 10.8. The molecule has 0 aliphatic rings. The Hall–Kier alpha value is -1.26. The van der Waals surface area contributed by atoms with Gasteiger partial charge in [-0.25, -0.2) is 0 Å². The van der Waals surface area contributed by atoms with Gasteiger partial charge in [-0.3, -0.25) is 0 Å². The topological polar surface area (TPSA) is 12.0 Å². The maximum atomic E-state index is 5.18. The molecular formula is C13H17N. The van der Waals surface area contributed by atoms with Gasteiger partial charge in [0.25, 0.3) is 0 Å². The van der Waals surface area contributed by atoms with Gasteiger partial charge in [-0.05, 0) is 30.5 Å². The predicted molar refractivity (Wildman–Crippen MR) is 61.1 cm³/mol. The summed E-state index contributed by atoms with van der Waals surface area (Å²) in [4.78, 5) is 0. The van der Waals surface area contributed by atoms with Gasteiger partial charge in [0.05, 0.1) is 0 Å². The molecule has 0 aromatic heterocycles. The molecule has 0 aliphatic carbocycles. The third-order valence-electron chi connectivity index (χ3n) is 2.39. The quantitative estimate of drug-likeness (QED) is 0.564. The van der Waals surface area contributed by atoms with E-state index < -0.39 is 0 Å². The Labute approximate surface area is 86.5 Å². The highest BCUT2D eigenvalue weighted by molar-refractivity contribution is 5.33. The number of hydrogen-bond donors (Lipinski definition) is 1. The van der Waals surface area contributed by atoms with Crippen molar-refractivity contribution in [1.29, 1.82) is 0 Å². The SMILES string of the molecule is C#CCCNCc1c(C)cccc1C. The van der Waals surface area contributed by atoms with Crippen LogP contribution in [0.25, 0.3) is 0 Å². The number of benzene rings is 1. The Morgan fingerprint density at radius 1 is 1.29 bits per heavy atom. The Morgan fingerprint density at radius 3 is 2.50 bits per heavy atom. The van der Waals surface area contributed by atoms with E-state index in [1.807, 2.05) is 0 Å². The summed E-state index contributed by atoms with van der Waals surface area (Å²) in [6.45, 7) is 6.10. The minimum Gasteiger partial charge on any atom is -0.312 e. The van der Waals surface area contributed by atoms with Crippen LogP contribution in [0, 0.1) is 26.2 Å². The highest BCUT2D eigenvalue weighted by Gasteiger charge is 2.00. The third-order valence-corrected chi connectivity index (χ3v) is 2.39. The van der Waals surface area contributed by atoms with Gasteiger partial charge in [0.1, 0.15) is 0 Å². The monoisotopic (exact) mass is 187 g/mol. The summed E-state index contributed by atoms with van der Waals surface area (Å²) in [5, 5.41) is 3.34. The van der Waals surface area contributed by atoms with E-state index in [4.69, 9.17) is 6.42 Å². The van der Waals surface area contributed by atoms with Gasteiger partial charge in [-0.2, -0.15) is 0 Å². The van der Waals surface area contributed by atoms with Crippen LogP contribution in [0.4, 0.5) is 0 Å². The summed E-state index contributed by atoms with van der Waals surface area (Å²) in [6, 6.07) is 6.38. The van der Waals surface area contributed by atoms with E-state index in [2.05, 4.69) is 43.3 Å². The first-order chi connectivity index (χ1) is 6.75. The average Bonchev–Trinajstić information content (AvgIpc) is 2.16. The summed E-state index contributed by atoms with van der Waals surface area (Å²) < 4.78 is 0. The summed E-state index contributed by atoms with van der Waals surface area (Å²) in [5.41, 5.74) is 4.08. The summed E-state index contributed by atoms with van der Waals surface area (Å²) in [5.74, 6) is 2.62. The summed E-state index contributed by atoms with van der Waals surface area (Å²) >= 11 is 0. The highest BCUT2D eigenvalue weighted by Crippen LogP contribution is 2.12. The van der Waals surface area contributed by atoms with Crippen LogP contribution in [0.5, 0.6) is 0 Å². The maximum Gasteiger partial charge on any atom is 0.0212 e. The number of aryl methyl sites for hydroxylation is 2. The van der Waals surface area contributed by atoms with Gasteiger partial charge in [-0.15, -0.1) is 12.3 Å². The van der Waals surface area contributed by atoms with Crippen LogP contribution in [0.2, 0.25) is 0 Å². The molecule has 0 bridgehead atoms. The number of rotatable bonds is 4. The van der Waals surface area contributed by atoms with Crippen molar-refractivity contribution in [3.8, 4) is 12.3 Å². The summed E-state index contributed by atoms with van der Waals surface area (Å²) in [6.07, 6.45) is 5.97. The van der Waals surface area contributed by atoms with Crippen LogP contribution in [0.1, 0.15) is 23.1 Å². The standard InChI is InChI=1S/C13H17N/c1-4-5-9-14-10-13-11(2)7-6-8-12(13)3/h1,6-8,14H,5,9-10H2,2-3H3. The zero-order valence-electron chi connectivity index (χ0n) is 8.93. The van der Waals surface area contributed by atoms with E-state index in [0.717, 1.165) is 19.5 Å². The van der Waals surface area contributed by atoms with Gasteiger partial charge in [-0.1, -0.05) is 18.2 Å². The molecule has 0 fully saturated rings. The van der Waals surface area contributed by atoms with Crippen molar-refractivity contribution in [3.63, 3.8) is 0 Å². The molecule has 0 aliphatic heterocycles. The number of hydrogen-bond acceptors (Lipinski definition) is 1. The van der Waals surface area contributed by atoms with Crippen molar-refractivity contribution in [2.75, 3.05) is 6.54 Å². The van der Waals surface area contributed by atoms with E-state index in [1.54, 1.807) is 0 Å². The molecule has 14 heavy (non-hydrogen) atoms. The van der Waals surface area contributed by atoms with Gasteiger partial charge in [0.15, 0.2) is 0 Å². The van der Waals surface area contributed by atoms with Gasteiger partial charge < -0.3 is 5.32 Å². The molecule has 1 nitrogen and oxygen atoms in total. The van der Waals surface area contributed by atoms with Crippen LogP contribution in [-0.2, 0) is 6.54 Å². The molecule has 0 saturated carbocycles. The smallest absolute Gasteiger partial charge is 0.0212 e. The molecule has 0 amide bonds. The largest absolute Gasteiger partial charge is 0.312 e. The molecule has 1 N–H and O–H groups in total. The molecule has 0 spiro atoms. The van der Waals surface area contributed by atoms with Crippen LogP contribution >= 0.6 is 0 Å². The fourth-order valence-corrected chi connectivity index (χ4v) is 1.50. The molecule has 1 aromatic carbocycles. The van der Waals surface area contributed by atoms with Crippen molar-refractivity contribution in [2.24, 2.45) is 0 Å². The molecule has 0 heterocycles. The van der Waals surface area contributed by atoms with E-state index in [9.17, 15) is 0 Å². The molecular weight excluding hydrogens is 170 g/mol. The van der Waals surface area contributed by atoms with E-state index in [0.29, 0.717) is 0 Å². The Kier molecular flexibility index (Phi) is 4.22. The highest BCUT2D eigenvalue weighted by atomic mass is 14.8. The lowest BCUT2D eigenvalue weighted by Gasteiger charge is -2.09. The molecule has 1 heteroatoms. The molecule has 0 unspecified atom stereocenters. The van der Waals surface area contributed by atoms with E-state index >= 15 is 0 Å². The van der Waals surface area contributed by atoms with Crippen molar-refractivity contribution in [2.45, 2.75) is 26.8 Å². The minimum atomic E-state index is 0.797. The van der Waals surface area contributed by atoms with E-state index in [1.165, 1.54) is 16.7 Å². The third kappa shape index (κ3) is 2.90. The normalized spacial score (nSPS) is 9.79. The van der Waals surface area contributed by atoms with Gasteiger partial charge in [0.2, 0.25) is 0 Å². The van der Waals surface area contributed by atoms with E-state index in [-0.39, 0.29) is 0 Å². The lowest BCUT2D eigenvalue weighted by molar-refractivity contribution is 0.696. The summed E-state index contributed by atoms with van der Waals surface area (Å²) in [7, 11) is 0. The zero-order valence-corrected chi connectivity index (χ0v) is 8.93. The fourth-order valence-electron chi connectivity index (χ4n) is 1.50. The second-order valence-corrected chi connectivity index (χ2v) is 3.50. The molecule has 0 radical (unpaired) electrons. The van der Waals surface area contributed by atoms with Crippen molar-refractivity contribution in [3.05, 3.63) is 34.9 Å². The van der Waals surface area contributed by atoms with Crippen molar-refractivity contribution in [1.82, 2.24) is 5.32 Å². The average molecular weight is 187 g/mol. The Morgan fingerprint density at radius 2 is 1.93 bits per heavy atom. The Balaban J connectivity index is 2.54. The molecule has 0 atom stereocenters. The van der Waals surface area contributed by atoms with Crippen LogP contribution < -0.4 is 5.32 Å². The second-order valence-electron chi connectivity index (χ2n) is 3.50. The minimum absolute atomic E-state index is 0.797. The van der Waals surface area contributed by atoms with Gasteiger partial charge >= 0.3 is 0 Å². The lowest BCUT2D eigenvalue weighted by Crippen LogP contribution is -2.15. The van der Waals surface area contributed by atoms with Crippen molar-refractivity contribution >= 4 is 0 Å². The molecule has 74 valence electrons. The van der Waals surface area contributed by atoms with Crippen LogP contribution in [0.3, 0.4) is 0 Å². The second kappa shape index (κ2) is 5.47. The lowest BCUT2D eigenvalue weighted by atomic mass is 10.0. The molecule has 0 saturated heterocycles. The van der Waals surface area contributed by atoms with Gasteiger partial charge in [0, 0.05) is 19.5 Å². The zero-order chi connectivity index (χ0) is 10.4. The van der Waals surface area contributed by atoms with Crippen molar-refractivity contribution < 1.29 is 0 Å². The fraction of sp³-hybridized carbons (Fsp3) is 0.385. The maximum absolute atomic E-state index is 5.18. The molecule has 1 rings (SSSR count). The number of nitrogens with one attached hydrogen (secondary N) is 1. The number of terminal acetylenes is 1. The predicted octanol–water partition coefficient (Wildman–Crippen LogP) is 2.42. The van der Waals surface area contributed by atoms with Crippen LogP contribution in [-0.4, -0.2) is 6.54 Å². The first-order valence-corrected chi connectivity index (χ1v) is 4.95. The first-order valence-electron chi connectivity index (χ1n) is 4.95. The Bertz CT molecular complexity index is 313. The van der Waals surface area contributed by atoms with Crippen LogP contribution in [0.15, 0.2) is 18.2 Å². The molecule has 1 aromatic rings.